The lowest BCUT2D eigenvalue weighted by molar-refractivity contribution is -0.136. The molecule has 1 aromatic heterocycles. The number of hydrogen-bond acceptors (Lipinski definition) is 10. The number of phenolic OH excluding ortho intramolecular Hbond substituents is 1. The number of phenols is 1. The Bertz CT molecular complexity index is 1970. The van der Waals surface area contributed by atoms with E-state index in [2.05, 4.69) is 38.3 Å². The minimum Gasteiger partial charge on any atom is -0.507 e. The Kier molecular flexibility index (Phi) is 8.43. The van der Waals surface area contributed by atoms with Gasteiger partial charge in [-0.1, -0.05) is 36.1 Å². The third-order valence-electron chi connectivity index (χ3n) is 11.8. The highest BCUT2D eigenvalue weighted by atomic mass is 16.5. The van der Waals surface area contributed by atoms with Gasteiger partial charge < -0.3 is 30.1 Å². The molecule has 3 fully saturated rings. The quantitative estimate of drug-likeness (QED) is 0.273. The molecule has 4 N–H and O–H groups in total. The Morgan fingerprint density at radius 1 is 1.02 bits per heavy atom. The number of benzene rings is 2. The minimum atomic E-state index is -0.639. The van der Waals surface area contributed by atoms with Crippen molar-refractivity contribution in [2.45, 2.75) is 82.0 Å². The Morgan fingerprint density at radius 2 is 1.78 bits per heavy atom. The lowest BCUT2D eigenvalue weighted by Crippen LogP contribution is -2.52. The maximum Gasteiger partial charge on any atom is 0.258 e. The fraction of sp³-hybridized carbons (Fsp3) is 0.462. The summed E-state index contributed by atoms with van der Waals surface area (Å²) >= 11 is 0. The van der Waals surface area contributed by atoms with Crippen molar-refractivity contribution < 1.29 is 29.0 Å². The number of amides is 3. The number of carbonyl (C=O) groups excluding carboxylic acids is 3. The Balaban J connectivity index is 0.891. The lowest BCUT2D eigenvalue weighted by Gasteiger charge is -2.48. The second-order valence-corrected chi connectivity index (χ2v) is 14.7. The van der Waals surface area contributed by atoms with Crippen LogP contribution in [-0.2, 0) is 27.3 Å². The molecule has 1 unspecified atom stereocenters. The number of nitrogens with zero attached hydrogens (tertiary/aromatic N) is 4. The maximum absolute atomic E-state index is 13.6. The molecular weight excluding hydrogens is 648 g/mol. The molecule has 5 aliphatic rings. The van der Waals surface area contributed by atoms with Crippen LogP contribution >= 0.6 is 0 Å². The summed E-state index contributed by atoms with van der Waals surface area (Å²) in [5.41, 5.74) is 9.74. The number of methoxy groups -OCH3 is 1. The number of ether oxygens (including phenoxy) is 2. The Labute approximate surface area is 296 Å². The third-order valence-corrected chi connectivity index (χ3v) is 11.8. The van der Waals surface area contributed by atoms with Crippen molar-refractivity contribution in [3.63, 3.8) is 0 Å². The van der Waals surface area contributed by atoms with E-state index in [9.17, 15) is 19.5 Å². The average Bonchev–Trinajstić information content (AvgIpc) is 3.48. The molecule has 8 rings (SSSR count). The fourth-order valence-electron chi connectivity index (χ4n) is 8.65. The monoisotopic (exact) mass is 690 g/mol. The largest absolute Gasteiger partial charge is 0.507 e. The first kappa shape index (κ1) is 33.2. The van der Waals surface area contributed by atoms with E-state index in [1.54, 1.807) is 36.3 Å². The van der Waals surface area contributed by atoms with Gasteiger partial charge in [-0.15, -0.1) is 10.2 Å². The number of aromatic hydroxyl groups is 1. The van der Waals surface area contributed by atoms with Crippen molar-refractivity contribution in [2.24, 2.45) is 5.41 Å². The van der Waals surface area contributed by atoms with Gasteiger partial charge in [-0.05, 0) is 93.8 Å². The smallest absolute Gasteiger partial charge is 0.258 e. The number of nitrogens with one attached hydrogen (secondary N) is 1. The van der Waals surface area contributed by atoms with Crippen molar-refractivity contribution in [3.05, 3.63) is 64.7 Å². The van der Waals surface area contributed by atoms with E-state index in [4.69, 9.17) is 15.2 Å². The molecule has 1 aliphatic carbocycles. The van der Waals surface area contributed by atoms with Crippen LogP contribution in [0.4, 0.5) is 5.82 Å². The molecule has 1 saturated carbocycles. The van der Waals surface area contributed by atoms with Crippen molar-refractivity contribution in [2.75, 3.05) is 32.5 Å². The van der Waals surface area contributed by atoms with Gasteiger partial charge in [0.05, 0.1) is 23.4 Å². The molecule has 51 heavy (non-hydrogen) atoms. The predicted molar refractivity (Wildman–Crippen MR) is 187 cm³/mol. The molecule has 3 aromatic rings. The van der Waals surface area contributed by atoms with Gasteiger partial charge in [-0.25, -0.2) is 0 Å². The summed E-state index contributed by atoms with van der Waals surface area (Å²) in [5, 5.41) is 20.9. The highest BCUT2D eigenvalue weighted by Gasteiger charge is 2.46. The van der Waals surface area contributed by atoms with Crippen LogP contribution in [0.2, 0.25) is 0 Å². The summed E-state index contributed by atoms with van der Waals surface area (Å²) in [6.07, 6.45) is 7.02. The molecule has 3 amide bonds. The molecule has 264 valence electrons. The summed E-state index contributed by atoms with van der Waals surface area (Å²) in [4.78, 5) is 42.0. The van der Waals surface area contributed by atoms with E-state index in [-0.39, 0.29) is 35.2 Å². The van der Waals surface area contributed by atoms with Gasteiger partial charge in [0.15, 0.2) is 5.82 Å². The predicted octanol–water partition coefficient (Wildman–Crippen LogP) is 3.59. The average molecular weight is 691 g/mol. The third kappa shape index (κ3) is 6.08. The van der Waals surface area contributed by atoms with E-state index in [1.165, 1.54) is 0 Å². The molecule has 1 spiro atoms. The van der Waals surface area contributed by atoms with Gasteiger partial charge in [0.25, 0.3) is 5.91 Å². The number of likely N-dealkylation sites (tertiary alicyclic amines) is 1. The van der Waals surface area contributed by atoms with Crippen LogP contribution in [-0.4, -0.2) is 87.3 Å². The summed E-state index contributed by atoms with van der Waals surface area (Å²) in [7, 11) is 1.72. The van der Waals surface area contributed by atoms with E-state index >= 15 is 0 Å². The highest BCUT2D eigenvalue weighted by molar-refractivity contribution is 6.06. The number of nitrogen functional groups attached to an aromatic ring is 1. The van der Waals surface area contributed by atoms with Crippen LogP contribution in [0.3, 0.4) is 0 Å². The topological polar surface area (TPSA) is 160 Å². The molecule has 4 aliphatic heterocycles. The highest BCUT2D eigenvalue weighted by Crippen LogP contribution is 2.47. The molecule has 12 nitrogen and oxygen atoms in total. The first-order chi connectivity index (χ1) is 24.7. The second-order valence-electron chi connectivity index (χ2n) is 14.7. The van der Waals surface area contributed by atoms with Gasteiger partial charge in [-0.3, -0.25) is 19.7 Å². The molecule has 2 saturated heterocycles. The number of piperidine rings is 2. The van der Waals surface area contributed by atoms with Gasteiger partial charge in [-0.2, -0.15) is 0 Å². The number of anilines is 1. The van der Waals surface area contributed by atoms with E-state index in [1.807, 2.05) is 12.1 Å². The van der Waals surface area contributed by atoms with Gasteiger partial charge in [0.2, 0.25) is 11.8 Å². The van der Waals surface area contributed by atoms with E-state index in [0.29, 0.717) is 53.7 Å². The van der Waals surface area contributed by atoms with E-state index in [0.717, 1.165) is 69.2 Å². The van der Waals surface area contributed by atoms with Crippen LogP contribution in [0.25, 0.3) is 11.3 Å². The number of fused-ring (bicyclic) bond motifs is 3. The molecule has 0 radical (unpaired) electrons. The Morgan fingerprint density at radius 3 is 2.53 bits per heavy atom. The number of hydrogen-bond donors (Lipinski definition) is 3. The van der Waals surface area contributed by atoms with Crippen LogP contribution in [0.15, 0.2) is 42.5 Å². The van der Waals surface area contributed by atoms with Gasteiger partial charge in [0, 0.05) is 37.1 Å². The van der Waals surface area contributed by atoms with Crippen molar-refractivity contribution in [1.82, 2.24) is 25.3 Å². The summed E-state index contributed by atoms with van der Waals surface area (Å²) < 4.78 is 12.5. The molecule has 12 heteroatoms. The zero-order valence-corrected chi connectivity index (χ0v) is 28.7. The second kappa shape index (κ2) is 13.0. The molecule has 2 aromatic carbocycles. The fourth-order valence-corrected chi connectivity index (χ4v) is 8.65. The number of nitrogens with two attached hydrogens (primary N) is 1. The van der Waals surface area contributed by atoms with Gasteiger partial charge >= 0.3 is 0 Å². The van der Waals surface area contributed by atoms with Crippen molar-refractivity contribution in [3.8, 4) is 34.6 Å². The summed E-state index contributed by atoms with van der Waals surface area (Å²) in [5.74, 6) is 6.75. The number of rotatable bonds is 4. The lowest BCUT2D eigenvalue weighted by atomic mass is 9.72. The molecule has 1 atom stereocenters. The molecule has 5 heterocycles. The summed E-state index contributed by atoms with van der Waals surface area (Å²) in [6.45, 7) is 2.89. The van der Waals surface area contributed by atoms with Crippen LogP contribution in [0.5, 0.6) is 11.5 Å². The van der Waals surface area contributed by atoms with Crippen LogP contribution < -0.4 is 15.8 Å². The SMILES string of the molecule is COC1(C#Cc2cc(-c3ccccc3O)nnc2N)CCC(N2CCC3(CC2)COc2c(ccc4c2C(=O)N(C2CCC(=O)NC2=O)C4)C3)CC1. The van der Waals surface area contributed by atoms with Crippen molar-refractivity contribution >= 4 is 23.5 Å². The van der Waals surface area contributed by atoms with Crippen LogP contribution in [0, 0.1) is 17.3 Å². The first-order valence-corrected chi connectivity index (χ1v) is 17.8. The minimum absolute atomic E-state index is 0.0209. The zero-order chi connectivity index (χ0) is 35.3. The summed E-state index contributed by atoms with van der Waals surface area (Å²) in [6, 6.07) is 12.6. The maximum atomic E-state index is 13.6. The number of aromatic nitrogens is 2. The standard InChI is InChI=1S/C39H42N6O6/c1-50-39(13-10-24-20-29(42-43-35(24)40)28-4-2-3-5-31(28)46)14-11-27(12-15-39)44-18-16-38(17-19-44)21-25-6-7-26-22-45(30-8-9-32(47)41-36(30)48)37(49)33(26)34(25)51-23-38/h2-7,20,27,30,46H,8-9,11-12,14-19,21-23H2,1H3,(H2,40,43)(H,41,47,48). The zero-order valence-electron chi connectivity index (χ0n) is 28.7. The van der Waals surface area contributed by atoms with Crippen molar-refractivity contribution in [1.29, 1.82) is 0 Å². The number of imide groups is 1. The van der Waals surface area contributed by atoms with E-state index < -0.39 is 17.6 Å². The Hall–Kier alpha value is -4.99. The van der Waals surface area contributed by atoms with Crippen LogP contribution in [0.1, 0.15) is 78.4 Å². The first-order valence-electron chi connectivity index (χ1n) is 17.8. The number of carbonyl (C=O) groups is 3. The van der Waals surface area contributed by atoms with Gasteiger partial charge in [0.1, 0.15) is 23.1 Å². The molecule has 0 bridgehead atoms. The normalized spacial score (nSPS) is 25.7. The molecular formula is C39H42N6O6. The number of para-hydroxylation sites is 1.